The van der Waals surface area contributed by atoms with E-state index in [0.29, 0.717) is 0 Å². The number of hydrogen-bond donors (Lipinski definition) is 1. The molecule has 1 aliphatic rings. The van der Waals surface area contributed by atoms with Crippen molar-refractivity contribution in [3.63, 3.8) is 0 Å². The fourth-order valence-electron chi connectivity index (χ4n) is 1.06. The van der Waals surface area contributed by atoms with Crippen LogP contribution in [0.5, 0.6) is 0 Å². The lowest BCUT2D eigenvalue weighted by Gasteiger charge is -2.07. The second-order valence-electron chi connectivity index (χ2n) is 3.60. The average Bonchev–Trinajstić information content (AvgIpc) is 2.84. The highest BCUT2D eigenvalue weighted by Gasteiger charge is 2.37. The summed E-state index contributed by atoms with van der Waals surface area (Å²) in [6.45, 7) is 0. The van der Waals surface area contributed by atoms with Crippen LogP contribution in [-0.2, 0) is 0 Å². The van der Waals surface area contributed by atoms with Crippen molar-refractivity contribution in [3.05, 3.63) is 29.3 Å². The van der Waals surface area contributed by atoms with E-state index in [1.54, 1.807) is 0 Å². The minimum Gasteiger partial charge on any atom is -0.324 e. The van der Waals surface area contributed by atoms with E-state index >= 15 is 0 Å². The molecule has 0 heterocycles. The molecule has 0 aromatic heterocycles. The van der Waals surface area contributed by atoms with Gasteiger partial charge in [0.25, 0.3) is 0 Å². The van der Waals surface area contributed by atoms with Gasteiger partial charge in [-0.1, -0.05) is 11.6 Å². The summed E-state index contributed by atoms with van der Waals surface area (Å²) in [6.07, 6.45) is 2.35. The van der Waals surface area contributed by atoms with Crippen LogP contribution in [0.15, 0.2) is 29.2 Å². The van der Waals surface area contributed by atoms with E-state index in [4.69, 9.17) is 17.3 Å². The second-order valence-corrected chi connectivity index (χ2v) is 5.09. The van der Waals surface area contributed by atoms with E-state index in [9.17, 15) is 0 Å². The van der Waals surface area contributed by atoms with Gasteiger partial charge in [-0.05, 0) is 37.1 Å². The van der Waals surface area contributed by atoms with Gasteiger partial charge in [-0.2, -0.15) is 0 Å². The topological polar surface area (TPSA) is 26.0 Å². The summed E-state index contributed by atoms with van der Waals surface area (Å²) >= 11 is 7.60. The molecule has 70 valence electrons. The summed E-state index contributed by atoms with van der Waals surface area (Å²) in [5.74, 6) is 1.02. The zero-order valence-corrected chi connectivity index (χ0v) is 8.87. The lowest BCUT2D eigenvalue weighted by molar-refractivity contribution is 0.776. The van der Waals surface area contributed by atoms with Gasteiger partial charge < -0.3 is 5.73 Å². The SMILES string of the molecule is NC1(CSc2ccc(Cl)cc2)CC1. The smallest absolute Gasteiger partial charge is 0.0406 e. The molecule has 0 saturated heterocycles. The Balaban J connectivity index is 1.91. The third-order valence-electron chi connectivity index (χ3n) is 2.23. The summed E-state index contributed by atoms with van der Waals surface area (Å²) in [6, 6.07) is 7.91. The van der Waals surface area contributed by atoms with Crippen LogP contribution in [0.2, 0.25) is 5.02 Å². The highest BCUT2D eigenvalue weighted by Crippen LogP contribution is 2.37. The monoisotopic (exact) mass is 213 g/mol. The lowest BCUT2D eigenvalue weighted by Crippen LogP contribution is -2.24. The van der Waals surface area contributed by atoms with Crippen LogP contribution in [0, 0.1) is 0 Å². The van der Waals surface area contributed by atoms with Crippen molar-refractivity contribution in [2.24, 2.45) is 5.73 Å². The molecule has 0 atom stereocenters. The first-order valence-corrected chi connectivity index (χ1v) is 5.72. The van der Waals surface area contributed by atoms with Crippen molar-refractivity contribution >= 4 is 23.4 Å². The van der Waals surface area contributed by atoms with Crippen molar-refractivity contribution in [2.75, 3.05) is 5.75 Å². The Morgan fingerprint density at radius 2 is 1.92 bits per heavy atom. The van der Waals surface area contributed by atoms with Gasteiger partial charge in [0.1, 0.15) is 0 Å². The molecule has 1 aromatic carbocycles. The first-order valence-electron chi connectivity index (χ1n) is 4.35. The van der Waals surface area contributed by atoms with Crippen LogP contribution in [0.3, 0.4) is 0 Å². The van der Waals surface area contributed by atoms with Gasteiger partial charge in [-0.15, -0.1) is 11.8 Å². The van der Waals surface area contributed by atoms with Gasteiger partial charge in [-0.3, -0.25) is 0 Å². The maximum Gasteiger partial charge on any atom is 0.0406 e. The Morgan fingerprint density at radius 3 is 2.46 bits per heavy atom. The Bertz CT molecular complexity index is 292. The molecular formula is C10H12ClNS. The standard InChI is InChI=1S/C10H12ClNS/c11-8-1-3-9(4-2-8)13-7-10(12)5-6-10/h1-4H,5-7,12H2. The van der Waals surface area contributed by atoms with E-state index in [1.165, 1.54) is 17.7 Å². The number of benzene rings is 1. The number of nitrogens with two attached hydrogens (primary N) is 1. The molecule has 13 heavy (non-hydrogen) atoms. The third-order valence-corrected chi connectivity index (χ3v) is 3.81. The zero-order valence-electron chi connectivity index (χ0n) is 7.29. The number of rotatable bonds is 3. The van der Waals surface area contributed by atoms with Crippen molar-refractivity contribution in [1.82, 2.24) is 0 Å². The summed E-state index contributed by atoms with van der Waals surface area (Å²) in [5.41, 5.74) is 6.11. The molecule has 0 amide bonds. The van der Waals surface area contributed by atoms with Gasteiger partial charge in [0.2, 0.25) is 0 Å². The van der Waals surface area contributed by atoms with Crippen LogP contribution < -0.4 is 5.73 Å². The highest BCUT2D eigenvalue weighted by molar-refractivity contribution is 7.99. The molecule has 2 N–H and O–H groups in total. The Labute approximate surface area is 87.7 Å². The van der Waals surface area contributed by atoms with Crippen molar-refractivity contribution in [2.45, 2.75) is 23.3 Å². The molecular weight excluding hydrogens is 202 g/mol. The van der Waals surface area contributed by atoms with Crippen molar-refractivity contribution in [1.29, 1.82) is 0 Å². The molecule has 1 aliphatic carbocycles. The molecule has 1 nitrogen and oxygen atoms in total. The van der Waals surface area contributed by atoms with E-state index in [0.717, 1.165) is 10.8 Å². The quantitative estimate of drug-likeness (QED) is 0.782. The van der Waals surface area contributed by atoms with Gasteiger partial charge in [0.05, 0.1) is 0 Å². The number of thioether (sulfide) groups is 1. The number of hydrogen-bond acceptors (Lipinski definition) is 2. The van der Waals surface area contributed by atoms with Crippen molar-refractivity contribution < 1.29 is 0 Å². The van der Waals surface area contributed by atoms with Gasteiger partial charge >= 0.3 is 0 Å². The molecule has 0 unspecified atom stereocenters. The van der Waals surface area contributed by atoms with Crippen LogP contribution in [0.25, 0.3) is 0 Å². The van der Waals surface area contributed by atoms with E-state index in [-0.39, 0.29) is 5.54 Å². The Hall–Kier alpha value is -0.180. The molecule has 3 heteroatoms. The summed E-state index contributed by atoms with van der Waals surface area (Å²) < 4.78 is 0. The summed E-state index contributed by atoms with van der Waals surface area (Å²) in [5, 5.41) is 0.790. The predicted octanol–water partition coefficient (Wildman–Crippen LogP) is 2.92. The minimum absolute atomic E-state index is 0.129. The average molecular weight is 214 g/mol. The first kappa shape index (κ1) is 9.38. The number of halogens is 1. The molecule has 0 aliphatic heterocycles. The molecule has 0 spiro atoms. The van der Waals surface area contributed by atoms with Gasteiger partial charge in [0, 0.05) is 21.2 Å². The molecule has 2 rings (SSSR count). The fourth-order valence-corrected chi connectivity index (χ4v) is 2.26. The lowest BCUT2D eigenvalue weighted by atomic mass is 10.4. The molecule has 0 radical (unpaired) electrons. The van der Waals surface area contributed by atoms with Crippen LogP contribution in [0.4, 0.5) is 0 Å². The van der Waals surface area contributed by atoms with Gasteiger partial charge in [-0.25, -0.2) is 0 Å². The van der Waals surface area contributed by atoms with Crippen molar-refractivity contribution in [3.8, 4) is 0 Å². The molecule has 1 fully saturated rings. The second kappa shape index (κ2) is 3.52. The third kappa shape index (κ3) is 2.63. The minimum atomic E-state index is 0.129. The normalized spacial score (nSPS) is 18.6. The fraction of sp³-hybridized carbons (Fsp3) is 0.400. The highest BCUT2D eigenvalue weighted by atomic mass is 35.5. The van der Waals surface area contributed by atoms with Crippen LogP contribution >= 0.6 is 23.4 Å². The Kier molecular flexibility index (Phi) is 2.54. The molecule has 1 saturated carbocycles. The summed E-state index contributed by atoms with van der Waals surface area (Å²) in [7, 11) is 0. The predicted molar refractivity (Wildman–Crippen MR) is 58.3 cm³/mol. The largest absolute Gasteiger partial charge is 0.324 e. The van der Waals surface area contributed by atoms with E-state index < -0.39 is 0 Å². The maximum atomic E-state index is 5.98. The Morgan fingerprint density at radius 1 is 1.31 bits per heavy atom. The summed E-state index contributed by atoms with van der Waals surface area (Å²) in [4.78, 5) is 1.25. The van der Waals surface area contributed by atoms with E-state index in [1.807, 2.05) is 36.0 Å². The van der Waals surface area contributed by atoms with E-state index in [2.05, 4.69) is 0 Å². The van der Waals surface area contributed by atoms with Crippen LogP contribution in [-0.4, -0.2) is 11.3 Å². The molecule has 0 bridgehead atoms. The van der Waals surface area contributed by atoms with Gasteiger partial charge in [0.15, 0.2) is 0 Å². The zero-order chi connectivity index (χ0) is 9.31. The maximum absolute atomic E-state index is 5.98. The van der Waals surface area contributed by atoms with Crippen LogP contribution in [0.1, 0.15) is 12.8 Å². The molecule has 1 aromatic rings. The first-order chi connectivity index (χ1) is 6.18.